The van der Waals surface area contributed by atoms with E-state index in [1.54, 1.807) is 25.3 Å². The lowest BCUT2D eigenvalue weighted by Gasteiger charge is -2.32. The lowest BCUT2D eigenvalue weighted by Crippen LogP contribution is -2.46. The fourth-order valence-corrected chi connectivity index (χ4v) is 4.16. The summed E-state index contributed by atoms with van der Waals surface area (Å²) in [7, 11) is 1.64. The number of aromatic nitrogens is 2. The fourth-order valence-electron chi connectivity index (χ4n) is 4.16. The largest absolute Gasteiger partial charge is 0.496 e. The van der Waals surface area contributed by atoms with Crippen LogP contribution in [0.3, 0.4) is 0 Å². The molecule has 1 N–H and O–H groups in total. The minimum absolute atomic E-state index is 0.0619. The highest BCUT2D eigenvalue weighted by atomic mass is 16.5. The quantitative estimate of drug-likeness (QED) is 0.742. The third-order valence-corrected chi connectivity index (χ3v) is 5.50. The highest BCUT2D eigenvalue weighted by Gasteiger charge is 2.39. The summed E-state index contributed by atoms with van der Waals surface area (Å²) in [6.07, 6.45) is 5.22. The number of carbonyl (C=O) groups excluding carboxylic acids is 1. The molecule has 1 aromatic heterocycles. The van der Waals surface area contributed by atoms with Crippen LogP contribution in [0.1, 0.15) is 31.2 Å². The first-order valence-corrected chi connectivity index (χ1v) is 9.52. The number of benzene rings is 2. The number of nitrogens with one attached hydrogen (secondary N) is 1. The van der Waals surface area contributed by atoms with Crippen molar-refractivity contribution in [2.45, 2.75) is 37.8 Å². The highest BCUT2D eigenvalue weighted by molar-refractivity contribution is 5.79. The Balaban J connectivity index is 1.61. The highest BCUT2D eigenvalue weighted by Crippen LogP contribution is 2.42. The molecule has 1 saturated carbocycles. The molecule has 6 nitrogen and oxygen atoms in total. The average Bonchev–Trinajstić information content (AvgIpc) is 3.19. The van der Waals surface area contributed by atoms with Gasteiger partial charge in [0.05, 0.1) is 29.9 Å². The number of rotatable bonds is 5. The Morgan fingerprint density at radius 1 is 1.14 bits per heavy atom. The molecule has 0 aliphatic heterocycles. The van der Waals surface area contributed by atoms with Gasteiger partial charge in [-0.15, -0.1) is 0 Å². The van der Waals surface area contributed by atoms with Crippen LogP contribution in [0.2, 0.25) is 0 Å². The molecule has 6 heteroatoms. The average molecular weight is 377 g/mol. The lowest BCUT2D eigenvalue weighted by molar-refractivity contribution is -0.123. The van der Waals surface area contributed by atoms with Crippen molar-refractivity contribution in [1.29, 1.82) is 0 Å². The molecule has 1 amide bonds. The Hall–Kier alpha value is -3.15. The third-order valence-electron chi connectivity index (χ3n) is 5.50. The summed E-state index contributed by atoms with van der Waals surface area (Å²) in [6.45, 7) is -0.0619. The summed E-state index contributed by atoms with van der Waals surface area (Å²) in [6, 6.07) is 15.0. The maximum absolute atomic E-state index is 12.9. The van der Waals surface area contributed by atoms with Gasteiger partial charge in [-0.25, -0.2) is 4.98 Å². The van der Waals surface area contributed by atoms with Crippen molar-refractivity contribution in [3.8, 4) is 5.75 Å². The van der Waals surface area contributed by atoms with E-state index in [4.69, 9.17) is 4.74 Å². The molecule has 3 aromatic rings. The second-order valence-electron chi connectivity index (χ2n) is 7.23. The zero-order chi connectivity index (χ0) is 19.6. The molecule has 28 heavy (non-hydrogen) atoms. The van der Waals surface area contributed by atoms with Gasteiger partial charge in [-0.3, -0.25) is 14.2 Å². The third kappa shape index (κ3) is 3.26. The number of ether oxygens (including phenoxy) is 1. The van der Waals surface area contributed by atoms with E-state index < -0.39 is 5.54 Å². The summed E-state index contributed by atoms with van der Waals surface area (Å²) in [5.74, 6) is 0.571. The zero-order valence-electron chi connectivity index (χ0n) is 15.9. The maximum atomic E-state index is 12.9. The van der Waals surface area contributed by atoms with Crippen LogP contribution in [0, 0.1) is 0 Å². The van der Waals surface area contributed by atoms with Gasteiger partial charge in [0, 0.05) is 5.56 Å². The molecule has 4 rings (SSSR count). The molecule has 144 valence electrons. The number of para-hydroxylation sites is 2. The Morgan fingerprint density at radius 2 is 1.86 bits per heavy atom. The second-order valence-corrected chi connectivity index (χ2v) is 7.23. The smallest absolute Gasteiger partial charge is 0.261 e. The fraction of sp³-hybridized carbons (Fsp3) is 0.318. The van der Waals surface area contributed by atoms with Gasteiger partial charge in [-0.05, 0) is 31.0 Å². The second kappa shape index (κ2) is 7.46. The van der Waals surface area contributed by atoms with Crippen molar-refractivity contribution in [1.82, 2.24) is 14.9 Å². The topological polar surface area (TPSA) is 73.2 Å². The molecule has 1 heterocycles. The number of fused-ring (bicyclic) bond motifs is 1. The van der Waals surface area contributed by atoms with E-state index in [0.29, 0.717) is 10.9 Å². The van der Waals surface area contributed by atoms with Gasteiger partial charge in [-0.2, -0.15) is 0 Å². The van der Waals surface area contributed by atoms with Crippen LogP contribution in [-0.2, 0) is 16.9 Å². The van der Waals surface area contributed by atoms with Gasteiger partial charge in [0.2, 0.25) is 5.91 Å². The van der Waals surface area contributed by atoms with Crippen LogP contribution in [-0.4, -0.2) is 22.6 Å². The molecular formula is C22H23N3O3. The summed E-state index contributed by atoms with van der Waals surface area (Å²) >= 11 is 0. The molecule has 0 spiro atoms. The van der Waals surface area contributed by atoms with Gasteiger partial charge in [0.15, 0.2) is 0 Å². The number of amides is 1. The van der Waals surface area contributed by atoms with Gasteiger partial charge >= 0.3 is 0 Å². The first-order chi connectivity index (χ1) is 13.6. The summed E-state index contributed by atoms with van der Waals surface area (Å²) in [5.41, 5.74) is 0.952. The van der Waals surface area contributed by atoms with E-state index in [9.17, 15) is 9.59 Å². The van der Waals surface area contributed by atoms with E-state index in [1.165, 1.54) is 10.9 Å². The molecular weight excluding hydrogens is 354 g/mol. The monoisotopic (exact) mass is 377 g/mol. The van der Waals surface area contributed by atoms with Gasteiger partial charge < -0.3 is 10.1 Å². The van der Waals surface area contributed by atoms with Gasteiger partial charge in [-0.1, -0.05) is 43.2 Å². The van der Waals surface area contributed by atoms with E-state index in [0.717, 1.165) is 37.0 Å². The Labute approximate surface area is 163 Å². The van der Waals surface area contributed by atoms with Crippen molar-refractivity contribution in [2.24, 2.45) is 0 Å². The SMILES string of the molecule is COc1ccccc1C1(NC(=O)Cn2cnc3ccccc3c2=O)CCCC1. The molecule has 0 radical (unpaired) electrons. The van der Waals surface area contributed by atoms with Gasteiger partial charge in [0.25, 0.3) is 5.56 Å². The molecule has 1 fully saturated rings. The Morgan fingerprint density at radius 3 is 2.64 bits per heavy atom. The molecule has 1 aliphatic carbocycles. The summed E-state index contributed by atoms with van der Waals surface area (Å²) < 4.78 is 6.90. The molecule has 1 aliphatic rings. The van der Waals surface area contributed by atoms with Crippen molar-refractivity contribution in [2.75, 3.05) is 7.11 Å². The van der Waals surface area contributed by atoms with E-state index in [1.807, 2.05) is 30.3 Å². The first-order valence-electron chi connectivity index (χ1n) is 9.52. The van der Waals surface area contributed by atoms with Crippen LogP contribution >= 0.6 is 0 Å². The number of carbonyl (C=O) groups is 1. The Kier molecular flexibility index (Phi) is 4.86. The molecule has 0 saturated heterocycles. The van der Waals surface area contributed by atoms with Crippen molar-refractivity contribution >= 4 is 16.8 Å². The molecule has 0 atom stereocenters. The molecule has 0 unspecified atom stereocenters. The predicted octanol–water partition coefficient (Wildman–Crippen LogP) is 2.99. The normalized spacial score (nSPS) is 15.5. The number of hydrogen-bond acceptors (Lipinski definition) is 4. The molecule has 2 aromatic carbocycles. The van der Waals surface area contributed by atoms with Crippen molar-refractivity contribution in [3.05, 3.63) is 70.8 Å². The minimum Gasteiger partial charge on any atom is -0.496 e. The van der Waals surface area contributed by atoms with Crippen molar-refractivity contribution in [3.63, 3.8) is 0 Å². The van der Waals surface area contributed by atoms with E-state index in [-0.39, 0.29) is 18.0 Å². The van der Waals surface area contributed by atoms with E-state index in [2.05, 4.69) is 10.3 Å². The van der Waals surface area contributed by atoms with Gasteiger partial charge in [0.1, 0.15) is 12.3 Å². The van der Waals surface area contributed by atoms with E-state index >= 15 is 0 Å². The minimum atomic E-state index is -0.461. The van der Waals surface area contributed by atoms with Crippen LogP contribution in [0.15, 0.2) is 59.7 Å². The summed E-state index contributed by atoms with van der Waals surface area (Å²) in [4.78, 5) is 29.9. The summed E-state index contributed by atoms with van der Waals surface area (Å²) in [5, 5.41) is 3.71. The van der Waals surface area contributed by atoms with Crippen LogP contribution in [0.4, 0.5) is 0 Å². The Bertz CT molecular complexity index is 1070. The van der Waals surface area contributed by atoms with Crippen molar-refractivity contribution < 1.29 is 9.53 Å². The number of hydrogen-bond donors (Lipinski definition) is 1. The first kappa shape index (κ1) is 18.2. The predicted molar refractivity (Wildman–Crippen MR) is 107 cm³/mol. The standard InChI is InChI=1S/C22H23N3O3/c1-28-19-11-5-3-9-17(19)22(12-6-7-13-22)24-20(26)14-25-15-23-18-10-4-2-8-16(18)21(25)27/h2-5,8-11,15H,6-7,12-14H2,1H3,(H,24,26). The zero-order valence-corrected chi connectivity index (χ0v) is 15.9. The molecule has 0 bridgehead atoms. The maximum Gasteiger partial charge on any atom is 0.261 e. The number of methoxy groups -OCH3 is 1. The number of nitrogens with zero attached hydrogens (tertiary/aromatic N) is 2. The lowest BCUT2D eigenvalue weighted by atomic mass is 9.87. The van der Waals surface area contributed by atoms with Crippen LogP contribution in [0.25, 0.3) is 10.9 Å². The van der Waals surface area contributed by atoms with Crippen LogP contribution < -0.4 is 15.6 Å². The van der Waals surface area contributed by atoms with Crippen LogP contribution in [0.5, 0.6) is 5.75 Å².